The minimum Gasteiger partial charge on any atom is -0.481 e. The maximum atomic E-state index is 12.3. The molecule has 0 aromatic heterocycles. The number of benzene rings is 1. The Labute approximate surface area is 120 Å². The highest BCUT2D eigenvalue weighted by Crippen LogP contribution is 2.39. The summed E-state index contributed by atoms with van der Waals surface area (Å²) >= 11 is 5.85. The van der Waals surface area contributed by atoms with Crippen molar-refractivity contribution in [3.63, 3.8) is 0 Å². The Morgan fingerprint density at radius 3 is 2.55 bits per heavy atom. The first-order valence-electron chi connectivity index (χ1n) is 6.19. The molecule has 0 saturated carbocycles. The lowest BCUT2D eigenvalue weighted by molar-refractivity contribution is -0.145. The third kappa shape index (κ3) is 2.19. The Hall–Kier alpha value is -1.85. The lowest BCUT2D eigenvalue weighted by Crippen LogP contribution is -2.39. The minimum atomic E-state index is -1.02. The quantitative estimate of drug-likeness (QED) is 0.835. The lowest BCUT2D eigenvalue weighted by atomic mass is 9.82. The van der Waals surface area contributed by atoms with Crippen LogP contribution in [0.4, 0.5) is 5.69 Å². The van der Waals surface area contributed by atoms with Crippen LogP contribution >= 0.6 is 11.6 Å². The summed E-state index contributed by atoms with van der Waals surface area (Å²) in [5.41, 5.74) is 0.540. The number of aliphatic carboxylic acids is 1. The van der Waals surface area contributed by atoms with E-state index >= 15 is 0 Å². The first-order chi connectivity index (χ1) is 9.56. The van der Waals surface area contributed by atoms with Crippen LogP contribution in [0.25, 0.3) is 0 Å². The summed E-state index contributed by atoms with van der Waals surface area (Å²) in [5.74, 6) is -2.95. The van der Waals surface area contributed by atoms with E-state index in [0.29, 0.717) is 10.7 Å². The minimum absolute atomic E-state index is 0.364. The first kappa shape index (κ1) is 13.1. The molecule has 2 heterocycles. The largest absolute Gasteiger partial charge is 0.481 e. The molecule has 2 aliphatic rings. The molecule has 1 aromatic rings. The summed E-state index contributed by atoms with van der Waals surface area (Å²) in [5, 5.41) is 12.4. The summed E-state index contributed by atoms with van der Waals surface area (Å²) < 4.78 is 5.46. The van der Waals surface area contributed by atoms with Crippen LogP contribution in [-0.4, -0.2) is 29.2 Å². The fourth-order valence-electron chi connectivity index (χ4n) is 2.71. The molecule has 5 nitrogen and oxygen atoms in total. The molecule has 1 fully saturated rings. The molecule has 1 amide bonds. The topological polar surface area (TPSA) is 75.6 Å². The van der Waals surface area contributed by atoms with E-state index in [2.05, 4.69) is 5.32 Å². The van der Waals surface area contributed by atoms with Crippen molar-refractivity contribution in [2.24, 2.45) is 11.8 Å². The van der Waals surface area contributed by atoms with Crippen LogP contribution in [0.5, 0.6) is 0 Å². The Morgan fingerprint density at radius 1 is 1.20 bits per heavy atom. The van der Waals surface area contributed by atoms with Crippen molar-refractivity contribution in [3.05, 3.63) is 41.4 Å². The normalized spacial score (nSPS) is 30.4. The van der Waals surface area contributed by atoms with Crippen LogP contribution in [0.3, 0.4) is 0 Å². The Bertz CT molecular complexity index is 601. The number of anilines is 1. The number of halogens is 1. The zero-order chi connectivity index (χ0) is 14.3. The van der Waals surface area contributed by atoms with E-state index in [1.165, 1.54) is 0 Å². The summed E-state index contributed by atoms with van der Waals surface area (Å²) in [6.45, 7) is 0. The van der Waals surface area contributed by atoms with Gasteiger partial charge in [0, 0.05) is 10.7 Å². The van der Waals surface area contributed by atoms with Crippen LogP contribution < -0.4 is 5.32 Å². The molecular formula is C14H12ClNO4. The number of carbonyl (C=O) groups is 2. The fraction of sp³-hybridized carbons (Fsp3) is 0.286. The van der Waals surface area contributed by atoms with Crippen molar-refractivity contribution in [2.45, 2.75) is 12.2 Å². The predicted molar refractivity (Wildman–Crippen MR) is 72.5 cm³/mol. The van der Waals surface area contributed by atoms with Gasteiger partial charge in [0.2, 0.25) is 5.91 Å². The van der Waals surface area contributed by atoms with Gasteiger partial charge in [-0.1, -0.05) is 29.8 Å². The number of carboxylic acid groups (broad SMARTS) is 1. The van der Waals surface area contributed by atoms with Gasteiger partial charge in [-0.05, 0) is 18.2 Å². The van der Waals surface area contributed by atoms with Gasteiger partial charge in [0.1, 0.15) is 5.92 Å². The van der Waals surface area contributed by atoms with Crippen molar-refractivity contribution in [1.29, 1.82) is 0 Å². The maximum absolute atomic E-state index is 12.3. The molecular weight excluding hydrogens is 282 g/mol. The number of ether oxygens (including phenoxy) is 1. The number of rotatable bonds is 3. The molecule has 0 radical (unpaired) electrons. The van der Waals surface area contributed by atoms with Gasteiger partial charge < -0.3 is 15.2 Å². The van der Waals surface area contributed by atoms with E-state index in [9.17, 15) is 14.7 Å². The van der Waals surface area contributed by atoms with E-state index in [0.717, 1.165) is 0 Å². The highest BCUT2D eigenvalue weighted by atomic mass is 35.5. The van der Waals surface area contributed by atoms with Crippen molar-refractivity contribution in [1.82, 2.24) is 0 Å². The van der Waals surface area contributed by atoms with Gasteiger partial charge in [0.05, 0.1) is 18.1 Å². The monoisotopic (exact) mass is 293 g/mol. The van der Waals surface area contributed by atoms with Gasteiger partial charge in [-0.2, -0.15) is 0 Å². The molecule has 4 atom stereocenters. The maximum Gasteiger partial charge on any atom is 0.310 e. The van der Waals surface area contributed by atoms with E-state index in [1.54, 1.807) is 36.4 Å². The molecule has 104 valence electrons. The van der Waals surface area contributed by atoms with Crippen molar-refractivity contribution in [2.75, 3.05) is 5.32 Å². The molecule has 20 heavy (non-hydrogen) atoms. The zero-order valence-corrected chi connectivity index (χ0v) is 11.1. The van der Waals surface area contributed by atoms with Crippen LogP contribution in [-0.2, 0) is 14.3 Å². The van der Waals surface area contributed by atoms with E-state index in [4.69, 9.17) is 16.3 Å². The predicted octanol–water partition coefficient (Wildman–Crippen LogP) is 1.93. The van der Waals surface area contributed by atoms with Crippen LogP contribution in [0.2, 0.25) is 5.02 Å². The Balaban J connectivity index is 1.80. The SMILES string of the molecule is O=C(O)[C@@H]1[C@@H](C(=O)Nc2cccc(Cl)c2)[C@H]2C=C[C@@H]1O2. The van der Waals surface area contributed by atoms with Gasteiger partial charge >= 0.3 is 5.97 Å². The van der Waals surface area contributed by atoms with Gasteiger partial charge in [-0.15, -0.1) is 0 Å². The highest BCUT2D eigenvalue weighted by molar-refractivity contribution is 6.30. The number of fused-ring (bicyclic) bond motifs is 2. The molecule has 1 aromatic carbocycles. The number of carbonyl (C=O) groups excluding carboxylic acids is 1. The summed E-state index contributed by atoms with van der Waals surface area (Å²) in [7, 11) is 0. The number of carboxylic acids is 1. The zero-order valence-electron chi connectivity index (χ0n) is 10.3. The summed E-state index contributed by atoms with van der Waals surface area (Å²) in [4.78, 5) is 23.6. The fourth-order valence-corrected chi connectivity index (χ4v) is 2.90. The molecule has 0 aliphatic carbocycles. The first-order valence-corrected chi connectivity index (χ1v) is 6.57. The Kier molecular flexibility index (Phi) is 3.23. The summed E-state index contributed by atoms with van der Waals surface area (Å²) in [6.07, 6.45) is 2.45. The summed E-state index contributed by atoms with van der Waals surface area (Å²) in [6, 6.07) is 6.72. The van der Waals surface area contributed by atoms with Gasteiger partial charge in [0.15, 0.2) is 0 Å². The molecule has 1 saturated heterocycles. The van der Waals surface area contributed by atoms with Gasteiger partial charge in [0.25, 0.3) is 0 Å². The highest BCUT2D eigenvalue weighted by Gasteiger charge is 2.53. The molecule has 2 aliphatic heterocycles. The van der Waals surface area contributed by atoms with E-state index < -0.39 is 30.0 Å². The number of nitrogens with one attached hydrogen (secondary N) is 1. The van der Waals surface area contributed by atoms with Crippen molar-refractivity contribution >= 4 is 29.2 Å². The van der Waals surface area contributed by atoms with Gasteiger partial charge in [-0.25, -0.2) is 0 Å². The Morgan fingerprint density at radius 2 is 1.90 bits per heavy atom. The second-order valence-electron chi connectivity index (χ2n) is 4.84. The average Bonchev–Trinajstić information content (AvgIpc) is 2.98. The number of amides is 1. The van der Waals surface area contributed by atoms with Crippen molar-refractivity contribution < 1.29 is 19.4 Å². The smallest absolute Gasteiger partial charge is 0.310 e. The third-order valence-electron chi connectivity index (χ3n) is 3.58. The van der Waals surface area contributed by atoms with E-state index in [-0.39, 0.29) is 5.91 Å². The molecule has 2 N–H and O–H groups in total. The van der Waals surface area contributed by atoms with Crippen LogP contribution in [0.15, 0.2) is 36.4 Å². The lowest BCUT2D eigenvalue weighted by Gasteiger charge is -2.21. The standard InChI is InChI=1S/C14H12ClNO4/c15-7-2-1-3-8(6-7)16-13(17)11-9-4-5-10(20-9)12(11)14(18)19/h1-6,9-12H,(H,16,17)(H,18,19)/t9-,10+,11+,12+/m1/s1. The molecule has 6 heteroatoms. The van der Waals surface area contributed by atoms with E-state index in [1.807, 2.05) is 0 Å². The van der Waals surface area contributed by atoms with Crippen LogP contribution in [0.1, 0.15) is 0 Å². The van der Waals surface area contributed by atoms with Gasteiger partial charge in [-0.3, -0.25) is 9.59 Å². The third-order valence-corrected chi connectivity index (χ3v) is 3.81. The molecule has 0 unspecified atom stereocenters. The number of hydrogen-bond acceptors (Lipinski definition) is 3. The molecule has 2 bridgehead atoms. The van der Waals surface area contributed by atoms with Crippen LogP contribution in [0, 0.1) is 11.8 Å². The number of hydrogen-bond donors (Lipinski definition) is 2. The second-order valence-corrected chi connectivity index (χ2v) is 5.28. The van der Waals surface area contributed by atoms with Crippen molar-refractivity contribution in [3.8, 4) is 0 Å². The second kappa shape index (κ2) is 4.92. The molecule has 3 rings (SSSR count). The molecule has 0 spiro atoms. The average molecular weight is 294 g/mol.